The summed E-state index contributed by atoms with van der Waals surface area (Å²) >= 11 is 0. The third-order valence-corrected chi connectivity index (χ3v) is 3.74. The van der Waals surface area contributed by atoms with Gasteiger partial charge < -0.3 is 10.2 Å². The summed E-state index contributed by atoms with van der Waals surface area (Å²) in [6, 6.07) is 8.12. The predicted molar refractivity (Wildman–Crippen MR) is 93.5 cm³/mol. The molecule has 0 unspecified atom stereocenters. The van der Waals surface area contributed by atoms with Gasteiger partial charge in [-0.1, -0.05) is 13.0 Å². The van der Waals surface area contributed by atoms with Crippen LogP contribution in [0.2, 0.25) is 0 Å². The van der Waals surface area contributed by atoms with E-state index in [2.05, 4.69) is 10.3 Å². The third kappa shape index (κ3) is 5.91. The molecule has 0 spiro atoms. The fraction of sp³-hybridized carbons (Fsp3) is 0.316. The summed E-state index contributed by atoms with van der Waals surface area (Å²) in [6.07, 6.45) is 3.08. The van der Waals surface area contributed by atoms with Crippen molar-refractivity contribution in [3.63, 3.8) is 0 Å². The Balaban J connectivity index is 1.91. The summed E-state index contributed by atoms with van der Waals surface area (Å²) in [5, 5.41) is 2.41. The van der Waals surface area contributed by atoms with E-state index in [9.17, 15) is 18.4 Å². The van der Waals surface area contributed by atoms with Crippen molar-refractivity contribution in [2.75, 3.05) is 19.6 Å². The van der Waals surface area contributed by atoms with Crippen LogP contribution < -0.4 is 5.32 Å². The van der Waals surface area contributed by atoms with Crippen molar-refractivity contribution in [2.45, 2.75) is 19.8 Å². The molecular weight excluding hydrogens is 340 g/mol. The summed E-state index contributed by atoms with van der Waals surface area (Å²) in [6.45, 7) is 2.75. The number of amides is 2. The van der Waals surface area contributed by atoms with Gasteiger partial charge in [-0.3, -0.25) is 14.6 Å². The van der Waals surface area contributed by atoms with Crippen molar-refractivity contribution in [3.05, 3.63) is 65.5 Å². The van der Waals surface area contributed by atoms with Crippen LogP contribution in [0.5, 0.6) is 0 Å². The first-order valence-electron chi connectivity index (χ1n) is 8.41. The van der Waals surface area contributed by atoms with Gasteiger partial charge in [0, 0.05) is 43.0 Å². The van der Waals surface area contributed by atoms with Crippen LogP contribution in [0.1, 0.15) is 29.4 Å². The fourth-order valence-electron chi connectivity index (χ4n) is 2.48. The highest BCUT2D eigenvalue weighted by Gasteiger charge is 2.15. The number of nitrogens with one attached hydrogen (secondary N) is 1. The van der Waals surface area contributed by atoms with Gasteiger partial charge in [0.25, 0.3) is 5.91 Å². The minimum absolute atomic E-state index is 0.161. The zero-order chi connectivity index (χ0) is 18.9. The molecule has 138 valence electrons. The Morgan fingerprint density at radius 1 is 1.12 bits per heavy atom. The first kappa shape index (κ1) is 19.5. The maximum atomic E-state index is 13.2. The number of benzene rings is 1. The highest BCUT2D eigenvalue weighted by molar-refractivity contribution is 5.96. The normalized spacial score (nSPS) is 10.4. The van der Waals surface area contributed by atoms with Gasteiger partial charge in [0.15, 0.2) is 0 Å². The molecule has 0 radical (unpaired) electrons. The second kappa shape index (κ2) is 9.60. The Bertz CT molecular complexity index is 733. The summed E-state index contributed by atoms with van der Waals surface area (Å²) < 4.78 is 26.4. The zero-order valence-electron chi connectivity index (χ0n) is 14.5. The first-order valence-corrected chi connectivity index (χ1v) is 8.41. The Morgan fingerprint density at radius 3 is 2.46 bits per heavy atom. The molecule has 26 heavy (non-hydrogen) atoms. The number of pyridine rings is 1. The molecule has 7 heteroatoms. The molecule has 5 nitrogen and oxygen atoms in total. The SMILES string of the molecule is CCCN(CCc1ccccn1)C(=O)CNC(=O)c1cc(F)cc(F)c1. The van der Waals surface area contributed by atoms with Gasteiger partial charge in [0.1, 0.15) is 11.6 Å². The second-order valence-corrected chi connectivity index (χ2v) is 5.79. The van der Waals surface area contributed by atoms with E-state index >= 15 is 0 Å². The lowest BCUT2D eigenvalue weighted by atomic mass is 10.2. The topological polar surface area (TPSA) is 62.3 Å². The molecule has 0 bridgehead atoms. The number of rotatable bonds is 8. The maximum Gasteiger partial charge on any atom is 0.251 e. The Hall–Kier alpha value is -2.83. The molecule has 2 aromatic rings. The van der Waals surface area contributed by atoms with Gasteiger partial charge in [-0.25, -0.2) is 8.78 Å². The number of nitrogens with zero attached hydrogens (tertiary/aromatic N) is 2. The second-order valence-electron chi connectivity index (χ2n) is 5.79. The van der Waals surface area contributed by atoms with Crippen molar-refractivity contribution in [2.24, 2.45) is 0 Å². The van der Waals surface area contributed by atoms with E-state index in [0.717, 1.165) is 24.2 Å². The van der Waals surface area contributed by atoms with Crippen LogP contribution in [0, 0.1) is 11.6 Å². The van der Waals surface area contributed by atoms with E-state index < -0.39 is 17.5 Å². The van der Waals surface area contributed by atoms with E-state index in [1.807, 2.05) is 25.1 Å². The standard InChI is InChI=1S/C19H21F2N3O2/c1-2-8-24(9-6-17-5-3-4-7-22-17)18(25)13-23-19(26)14-10-15(20)12-16(21)11-14/h3-5,7,10-12H,2,6,8-9,13H2,1H3,(H,23,26). The molecule has 0 aliphatic heterocycles. The molecule has 1 N–H and O–H groups in total. The van der Waals surface area contributed by atoms with Crippen molar-refractivity contribution in [1.29, 1.82) is 0 Å². The van der Waals surface area contributed by atoms with Crippen LogP contribution in [0.4, 0.5) is 8.78 Å². The van der Waals surface area contributed by atoms with Crippen molar-refractivity contribution < 1.29 is 18.4 Å². The number of halogens is 2. The Kier molecular flexibility index (Phi) is 7.20. The van der Waals surface area contributed by atoms with Gasteiger partial charge in [-0.15, -0.1) is 0 Å². The van der Waals surface area contributed by atoms with Gasteiger partial charge in [0.05, 0.1) is 6.54 Å². The number of hydrogen-bond donors (Lipinski definition) is 1. The van der Waals surface area contributed by atoms with Crippen LogP contribution in [0.25, 0.3) is 0 Å². The molecule has 2 amide bonds. The molecule has 0 aliphatic rings. The van der Waals surface area contributed by atoms with E-state index in [-0.39, 0.29) is 18.0 Å². The van der Waals surface area contributed by atoms with Crippen molar-refractivity contribution in [3.8, 4) is 0 Å². The molecule has 1 aromatic heterocycles. The number of aromatic nitrogens is 1. The van der Waals surface area contributed by atoms with Crippen LogP contribution >= 0.6 is 0 Å². The molecule has 0 saturated heterocycles. The quantitative estimate of drug-likeness (QED) is 0.786. The van der Waals surface area contributed by atoms with Crippen LogP contribution in [-0.2, 0) is 11.2 Å². The summed E-state index contributed by atoms with van der Waals surface area (Å²) in [7, 11) is 0. The summed E-state index contributed by atoms with van der Waals surface area (Å²) in [5.74, 6) is -2.64. The highest BCUT2D eigenvalue weighted by atomic mass is 19.1. The average Bonchev–Trinajstić information content (AvgIpc) is 2.63. The summed E-state index contributed by atoms with van der Waals surface area (Å²) in [5.41, 5.74) is 0.714. The minimum atomic E-state index is -0.843. The highest BCUT2D eigenvalue weighted by Crippen LogP contribution is 2.08. The smallest absolute Gasteiger partial charge is 0.251 e. The Morgan fingerprint density at radius 2 is 1.85 bits per heavy atom. The summed E-state index contributed by atoms with van der Waals surface area (Å²) in [4.78, 5) is 30.2. The van der Waals surface area contributed by atoms with Crippen LogP contribution in [0.15, 0.2) is 42.6 Å². The van der Waals surface area contributed by atoms with Gasteiger partial charge in [-0.05, 0) is 30.7 Å². The number of carbonyl (C=O) groups excluding carboxylic acids is 2. The lowest BCUT2D eigenvalue weighted by molar-refractivity contribution is -0.130. The average molecular weight is 361 g/mol. The van der Waals surface area contributed by atoms with Gasteiger partial charge in [0.2, 0.25) is 5.91 Å². The monoisotopic (exact) mass is 361 g/mol. The van der Waals surface area contributed by atoms with Gasteiger partial charge >= 0.3 is 0 Å². The van der Waals surface area contributed by atoms with E-state index in [1.54, 1.807) is 11.1 Å². The van der Waals surface area contributed by atoms with E-state index in [0.29, 0.717) is 25.6 Å². The fourth-order valence-corrected chi connectivity index (χ4v) is 2.48. The zero-order valence-corrected chi connectivity index (χ0v) is 14.5. The van der Waals surface area contributed by atoms with E-state index in [4.69, 9.17) is 0 Å². The van der Waals surface area contributed by atoms with Crippen molar-refractivity contribution >= 4 is 11.8 Å². The lowest BCUT2D eigenvalue weighted by Crippen LogP contribution is -2.41. The predicted octanol–water partition coefficient (Wildman–Crippen LogP) is 2.57. The van der Waals surface area contributed by atoms with Crippen molar-refractivity contribution in [1.82, 2.24) is 15.2 Å². The molecule has 1 aromatic carbocycles. The van der Waals surface area contributed by atoms with Crippen LogP contribution in [-0.4, -0.2) is 41.3 Å². The third-order valence-electron chi connectivity index (χ3n) is 3.74. The van der Waals surface area contributed by atoms with Crippen LogP contribution in [0.3, 0.4) is 0 Å². The molecule has 0 aliphatic carbocycles. The molecule has 2 rings (SSSR count). The largest absolute Gasteiger partial charge is 0.343 e. The molecule has 0 saturated carbocycles. The molecule has 1 heterocycles. The lowest BCUT2D eigenvalue weighted by Gasteiger charge is -2.22. The molecular formula is C19H21F2N3O2. The molecule has 0 fully saturated rings. The minimum Gasteiger partial charge on any atom is -0.343 e. The van der Waals surface area contributed by atoms with E-state index in [1.165, 1.54) is 0 Å². The maximum absolute atomic E-state index is 13.2. The first-order chi connectivity index (χ1) is 12.5. The number of carbonyl (C=O) groups is 2. The number of hydrogen-bond acceptors (Lipinski definition) is 3. The Labute approximate surface area is 151 Å². The van der Waals surface area contributed by atoms with Gasteiger partial charge in [-0.2, -0.15) is 0 Å². The molecule has 0 atom stereocenters.